The van der Waals surface area contributed by atoms with Gasteiger partial charge in [0.1, 0.15) is 11.9 Å². The molecule has 0 atom stereocenters. The number of unbranched alkanes of at least 4 members (excludes halogenated alkanes) is 1. The minimum absolute atomic E-state index is 0. The van der Waals surface area contributed by atoms with E-state index >= 15 is 0 Å². The van der Waals surface area contributed by atoms with Gasteiger partial charge in [-0.25, -0.2) is 9.55 Å². The zero-order valence-corrected chi connectivity index (χ0v) is 10.4. The second kappa shape index (κ2) is 5.54. The van der Waals surface area contributed by atoms with Gasteiger partial charge in [-0.2, -0.15) is 0 Å². The number of imidazole rings is 1. The lowest BCUT2D eigenvalue weighted by molar-refractivity contribution is -0.714. The first-order valence-electron chi connectivity index (χ1n) is 5.51. The van der Waals surface area contributed by atoms with Crippen molar-refractivity contribution in [1.82, 2.24) is 4.98 Å². The van der Waals surface area contributed by atoms with Gasteiger partial charge >= 0.3 is 0 Å². The number of rotatable bonds is 3. The molecule has 0 saturated carbocycles. The standard InChI is InChI=1S/C11H18N2.BrH/c1-2-3-6-10-9-12-11-7-4-5-8-13(10)11;/h9H,2-8H2,1H3;1H. The minimum Gasteiger partial charge on any atom is -1.00 e. The van der Waals surface area contributed by atoms with Crippen LogP contribution in [0.1, 0.15) is 44.1 Å². The van der Waals surface area contributed by atoms with Gasteiger partial charge in [-0.05, 0) is 19.3 Å². The molecule has 14 heavy (non-hydrogen) atoms. The van der Waals surface area contributed by atoms with Crippen LogP contribution in [0.3, 0.4) is 0 Å². The summed E-state index contributed by atoms with van der Waals surface area (Å²) in [6, 6.07) is 0. The lowest BCUT2D eigenvalue weighted by Gasteiger charge is -2.08. The van der Waals surface area contributed by atoms with Gasteiger partial charge in [-0.15, -0.1) is 0 Å². The SMILES string of the molecule is CCCCc1c[nH]c2[n+]1CCCC2.[Br-]. The molecule has 0 aromatic carbocycles. The number of aromatic amines is 1. The molecule has 0 fully saturated rings. The molecule has 0 spiro atoms. The molecular formula is C11H19BrN2. The number of nitrogens with zero attached hydrogens (tertiary/aromatic N) is 1. The number of hydrogen-bond acceptors (Lipinski definition) is 0. The summed E-state index contributed by atoms with van der Waals surface area (Å²) in [6.07, 6.45) is 10.0. The van der Waals surface area contributed by atoms with Crippen LogP contribution in [0.25, 0.3) is 0 Å². The highest BCUT2D eigenvalue weighted by Crippen LogP contribution is 2.09. The quantitative estimate of drug-likeness (QED) is 0.671. The van der Waals surface area contributed by atoms with E-state index in [9.17, 15) is 0 Å². The van der Waals surface area contributed by atoms with Gasteiger partial charge in [0.15, 0.2) is 0 Å². The van der Waals surface area contributed by atoms with Crippen LogP contribution in [0.5, 0.6) is 0 Å². The molecule has 1 aliphatic rings. The fourth-order valence-corrected chi connectivity index (χ4v) is 2.11. The summed E-state index contributed by atoms with van der Waals surface area (Å²) < 4.78 is 2.49. The van der Waals surface area contributed by atoms with Crippen LogP contribution < -0.4 is 21.5 Å². The van der Waals surface area contributed by atoms with Crippen molar-refractivity contribution in [2.75, 3.05) is 0 Å². The van der Waals surface area contributed by atoms with E-state index in [1.165, 1.54) is 56.6 Å². The number of fused-ring (bicyclic) bond motifs is 1. The highest BCUT2D eigenvalue weighted by Gasteiger charge is 2.20. The molecular weight excluding hydrogens is 240 g/mol. The molecule has 0 saturated heterocycles. The summed E-state index contributed by atoms with van der Waals surface area (Å²) in [5.74, 6) is 1.44. The summed E-state index contributed by atoms with van der Waals surface area (Å²) in [5.41, 5.74) is 1.51. The number of nitrogens with one attached hydrogen (secondary N) is 1. The second-order valence-electron chi connectivity index (χ2n) is 3.94. The highest BCUT2D eigenvalue weighted by atomic mass is 79.9. The first-order valence-corrected chi connectivity index (χ1v) is 5.51. The van der Waals surface area contributed by atoms with E-state index < -0.39 is 0 Å². The van der Waals surface area contributed by atoms with Crippen molar-refractivity contribution in [1.29, 1.82) is 0 Å². The van der Waals surface area contributed by atoms with Crippen LogP contribution in [-0.2, 0) is 19.4 Å². The molecule has 0 radical (unpaired) electrons. The molecule has 0 aliphatic carbocycles. The molecule has 0 unspecified atom stereocenters. The van der Waals surface area contributed by atoms with Crippen molar-refractivity contribution in [2.24, 2.45) is 0 Å². The maximum absolute atomic E-state index is 3.40. The fraction of sp³-hybridized carbons (Fsp3) is 0.727. The summed E-state index contributed by atoms with van der Waals surface area (Å²) >= 11 is 0. The predicted molar refractivity (Wildman–Crippen MR) is 52.5 cm³/mol. The third-order valence-corrected chi connectivity index (χ3v) is 2.91. The maximum Gasteiger partial charge on any atom is 0.254 e. The zero-order chi connectivity index (χ0) is 9.10. The third kappa shape index (κ3) is 2.38. The van der Waals surface area contributed by atoms with Crippen LogP contribution in [0.2, 0.25) is 0 Å². The van der Waals surface area contributed by atoms with Gasteiger partial charge in [-0.1, -0.05) is 13.3 Å². The molecule has 2 nitrogen and oxygen atoms in total. The van der Waals surface area contributed by atoms with Crippen molar-refractivity contribution in [3.63, 3.8) is 0 Å². The number of hydrogen-bond donors (Lipinski definition) is 1. The summed E-state index contributed by atoms with van der Waals surface area (Å²) in [6.45, 7) is 3.49. The smallest absolute Gasteiger partial charge is 0.254 e. The van der Waals surface area contributed by atoms with Crippen molar-refractivity contribution in [3.05, 3.63) is 17.7 Å². The summed E-state index contributed by atoms with van der Waals surface area (Å²) in [4.78, 5) is 3.40. The van der Waals surface area contributed by atoms with E-state index in [0.717, 1.165) is 0 Å². The first kappa shape index (κ1) is 11.8. The Kier molecular flexibility index (Phi) is 4.66. The Balaban J connectivity index is 0.000000980. The summed E-state index contributed by atoms with van der Waals surface area (Å²) in [5, 5.41) is 0. The first-order chi connectivity index (χ1) is 6.42. The van der Waals surface area contributed by atoms with E-state index in [0.29, 0.717) is 0 Å². The molecule has 1 N–H and O–H groups in total. The van der Waals surface area contributed by atoms with E-state index in [2.05, 4.69) is 22.7 Å². The van der Waals surface area contributed by atoms with Crippen LogP contribution in [0.4, 0.5) is 0 Å². The van der Waals surface area contributed by atoms with Gasteiger partial charge < -0.3 is 17.0 Å². The lowest BCUT2D eigenvalue weighted by Crippen LogP contribution is -3.00. The third-order valence-electron chi connectivity index (χ3n) is 2.91. The molecule has 0 bridgehead atoms. The molecule has 0 amide bonds. The molecule has 80 valence electrons. The lowest BCUT2D eigenvalue weighted by atomic mass is 10.1. The van der Waals surface area contributed by atoms with Crippen LogP contribution in [-0.4, -0.2) is 4.98 Å². The van der Waals surface area contributed by atoms with E-state index in [1.54, 1.807) is 0 Å². The van der Waals surface area contributed by atoms with Gasteiger partial charge in [0.05, 0.1) is 6.54 Å². The largest absolute Gasteiger partial charge is 1.00 e. The molecule has 3 heteroatoms. The Bertz CT molecular complexity index is 281. The Hall–Kier alpha value is -0.310. The normalized spacial score (nSPS) is 14.6. The van der Waals surface area contributed by atoms with Crippen LogP contribution in [0, 0.1) is 0 Å². The van der Waals surface area contributed by atoms with E-state index in [1.807, 2.05) is 0 Å². The van der Waals surface area contributed by atoms with Crippen LogP contribution in [0.15, 0.2) is 6.20 Å². The number of H-pyrrole nitrogens is 1. The van der Waals surface area contributed by atoms with Crippen LogP contribution >= 0.6 is 0 Å². The van der Waals surface area contributed by atoms with Crippen molar-refractivity contribution < 1.29 is 21.5 Å². The zero-order valence-electron chi connectivity index (χ0n) is 8.85. The Morgan fingerprint density at radius 2 is 2.29 bits per heavy atom. The number of aryl methyl sites for hydroxylation is 2. The Morgan fingerprint density at radius 3 is 3.07 bits per heavy atom. The monoisotopic (exact) mass is 258 g/mol. The topological polar surface area (TPSA) is 19.7 Å². The van der Waals surface area contributed by atoms with E-state index in [-0.39, 0.29) is 17.0 Å². The molecule has 1 aromatic rings. The van der Waals surface area contributed by atoms with E-state index in [4.69, 9.17) is 0 Å². The average Bonchev–Trinajstić information content (AvgIpc) is 2.58. The molecule has 2 heterocycles. The second-order valence-corrected chi connectivity index (χ2v) is 3.94. The molecule has 1 aliphatic heterocycles. The predicted octanol–water partition coefficient (Wildman–Crippen LogP) is -1.01. The summed E-state index contributed by atoms with van der Waals surface area (Å²) in [7, 11) is 0. The van der Waals surface area contributed by atoms with Crippen molar-refractivity contribution in [2.45, 2.75) is 52.0 Å². The minimum atomic E-state index is 0. The number of halogens is 1. The van der Waals surface area contributed by atoms with Gasteiger partial charge in [0, 0.05) is 12.8 Å². The van der Waals surface area contributed by atoms with Crippen molar-refractivity contribution in [3.8, 4) is 0 Å². The average molecular weight is 259 g/mol. The Morgan fingerprint density at radius 1 is 1.43 bits per heavy atom. The highest BCUT2D eigenvalue weighted by molar-refractivity contribution is 4.93. The fourth-order valence-electron chi connectivity index (χ4n) is 2.11. The van der Waals surface area contributed by atoms with Gasteiger partial charge in [0.2, 0.25) is 0 Å². The Labute approximate surface area is 96.5 Å². The van der Waals surface area contributed by atoms with Crippen molar-refractivity contribution >= 4 is 0 Å². The van der Waals surface area contributed by atoms with Gasteiger partial charge in [0.25, 0.3) is 5.82 Å². The maximum atomic E-state index is 3.40. The molecule has 1 aromatic heterocycles. The van der Waals surface area contributed by atoms with Gasteiger partial charge in [-0.3, -0.25) is 0 Å². The number of aromatic nitrogens is 2. The molecule has 2 rings (SSSR count).